The smallest absolute Gasteiger partial charge is 0.182 e. The van der Waals surface area contributed by atoms with Crippen LogP contribution in [-0.4, -0.2) is 27.4 Å². The van der Waals surface area contributed by atoms with Crippen molar-refractivity contribution in [2.45, 2.75) is 23.5 Å². The molecule has 0 spiro atoms. The van der Waals surface area contributed by atoms with E-state index in [4.69, 9.17) is 22.1 Å². The zero-order valence-electron chi connectivity index (χ0n) is 9.81. The molecule has 0 heterocycles. The number of ether oxygens (including phenoxy) is 1. The van der Waals surface area contributed by atoms with Crippen LogP contribution >= 0.6 is 11.6 Å². The summed E-state index contributed by atoms with van der Waals surface area (Å²) in [6, 6.07) is 4.41. The first-order valence-electron chi connectivity index (χ1n) is 5.17. The van der Waals surface area contributed by atoms with E-state index < -0.39 is 15.1 Å². The zero-order valence-corrected chi connectivity index (χ0v) is 11.4. The van der Waals surface area contributed by atoms with Gasteiger partial charge in [0.1, 0.15) is 0 Å². The molecule has 0 aliphatic heterocycles. The maximum atomic E-state index is 12.2. The summed E-state index contributed by atoms with van der Waals surface area (Å²) in [5, 5.41) is -0.377. The number of anilines is 1. The van der Waals surface area contributed by atoms with Gasteiger partial charge in [-0.05, 0) is 31.5 Å². The summed E-state index contributed by atoms with van der Waals surface area (Å²) in [5.74, 6) is 0. The molecule has 0 amide bonds. The second-order valence-corrected chi connectivity index (χ2v) is 6.57. The fourth-order valence-electron chi connectivity index (χ4n) is 1.40. The van der Waals surface area contributed by atoms with Gasteiger partial charge < -0.3 is 10.5 Å². The van der Waals surface area contributed by atoms with Gasteiger partial charge in [0.05, 0.1) is 15.2 Å². The molecule has 6 heteroatoms. The fourth-order valence-corrected chi connectivity index (χ4v) is 3.34. The second kappa shape index (κ2) is 5.71. The average Bonchev–Trinajstić information content (AvgIpc) is 2.25. The number of sulfone groups is 1. The van der Waals surface area contributed by atoms with Gasteiger partial charge in [0.25, 0.3) is 0 Å². The first-order chi connectivity index (χ1) is 7.89. The monoisotopic (exact) mass is 277 g/mol. The topological polar surface area (TPSA) is 69.4 Å². The first-order valence-corrected chi connectivity index (χ1v) is 7.10. The van der Waals surface area contributed by atoms with Crippen LogP contribution in [0.4, 0.5) is 5.69 Å². The van der Waals surface area contributed by atoms with Gasteiger partial charge in [-0.2, -0.15) is 0 Å². The number of benzene rings is 1. The van der Waals surface area contributed by atoms with Crippen molar-refractivity contribution >= 4 is 27.1 Å². The molecular formula is C11H16ClNO3S. The molecule has 0 bridgehead atoms. The van der Waals surface area contributed by atoms with Gasteiger partial charge in [0.2, 0.25) is 0 Å². The quantitative estimate of drug-likeness (QED) is 0.837. The Morgan fingerprint density at radius 2 is 2.12 bits per heavy atom. The van der Waals surface area contributed by atoms with Crippen molar-refractivity contribution in [2.24, 2.45) is 0 Å². The minimum absolute atomic E-state index is 0.122. The lowest BCUT2D eigenvalue weighted by atomic mass is 10.3. The number of halogens is 1. The van der Waals surface area contributed by atoms with Gasteiger partial charge in [-0.25, -0.2) is 8.42 Å². The Morgan fingerprint density at radius 1 is 1.47 bits per heavy atom. The Morgan fingerprint density at radius 3 is 2.65 bits per heavy atom. The Bertz CT molecular complexity index is 487. The normalized spacial score (nSPS) is 13.6. The predicted molar refractivity (Wildman–Crippen MR) is 69.0 cm³/mol. The fraction of sp³-hybridized carbons (Fsp3) is 0.455. The van der Waals surface area contributed by atoms with E-state index >= 15 is 0 Å². The minimum Gasteiger partial charge on any atom is -0.399 e. The highest BCUT2D eigenvalue weighted by Gasteiger charge is 2.25. The van der Waals surface area contributed by atoms with E-state index in [1.54, 1.807) is 6.92 Å². The van der Waals surface area contributed by atoms with Crippen LogP contribution in [0.2, 0.25) is 5.02 Å². The highest BCUT2D eigenvalue weighted by atomic mass is 35.5. The van der Waals surface area contributed by atoms with Crippen LogP contribution in [0.15, 0.2) is 23.1 Å². The van der Waals surface area contributed by atoms with Crippen molar-refractivity contribution in [3.63, 3.8) is 0 Å². The zero-order chi connectivity index (χ0) is 13.1. The van der Waals surface area contributed by atoms with E-state index in [1.807, 2.05) is 0 Å². The largest absolute Gasteiger partial charge is 0.399 e. The molecule has 0 aromatic heterocycles. The van der Waals surface area contributed by atoms with Gasteiger partial charge in [0.15, 0.2) is 9.84 Å². The van der Waals surface area contributed by atoms with Crippen LogP contribution in [-0.2, 0) is 14.6 Å². The standard InChI is InChI=1S/C11H16ClNO3S/c1-8(5-6-16-2)17(14,15)11-4-3-9(13)7-10(11)12/h3-4,7-8H,5-6,13H2,1-2H3. The average molecular weight is 278 g/mol. The molecule has 0 radical (unpaired) electrons. The predicted octanol–water partition coefficient (Wildman–Crippen LogP) is 2.12. The van der Waals surface area contributed by atoms with Crippen LogP contribution in [0.5, 0.6) is 0 Å². The Hall–Kier alpha value is -0.780. The summed E-state index contributed by atoms with van der Waals surface area (Å²) in [7, 11) is -1.89. The summed E-state index contributed by atoms with van der Waals surface area (Å²) >= 11 is 5.90. The molecule has 4 nitrogen and oxygen atoms in total. The molecular weight excluding hydrogens is 262 g/mol. The lowest BCUT2D eigenvalue weighted by molar-refractivity contribution is 0.194. The molecule has 1 aromatic rings. The van der Waals surface area contributed by atoms with Crippen LogP contribution in [0.3, 0.4) is 0 Å². The van der Waals surface area contributed by atoms with Crippen LogP contribution in [0.25, 0.3) is 0 Å². The van der Waals surface area contributed by atoms with Crippen molar-refractivity contribution in [2.75, 3.05) is 19.5 Å². The van der Waals surface area contributed by atoms with E-state index in [0.717, 1.165) is 0 Å². The summed E-state index contributed by atoms with van der Waals surface area (Å²) in [6.45, 7) is 2.04. The van der Waals surface area contributed by atoms with Crippen LogP contribution in [0.1, 0.15) is 13.3 Å². The van der Waals surface area contributed by atoms with E-state index in [9.17, 15) is 8.42 Å². The highest BCUT2D eigenvalue weighted by molar-refractivity contribution is 7.92. The van der Waals surface area contributed by atoms with Crippen molar-refractivity contribution in [3.8, 4) is 0 Å². The first kappa shape index (κ1) is 14.3. The number of methoxy groups -OCH3 is 1. The van der Waals surface area contributed by atoms with Crippen molar-refractivity contribution in [3.05, 3.63) is 23.2 Å². The molecule has 1 atom stereocenters. The van der Waals surface area contributed by atoms with Crippen LogP contribution in [0, 0.1) is 0 Å². The molecule has 0 saturated carbocycles. The van der Waals surface area contributed by atoms with E-state index in [0.29, 0.717) is 18.7 Å². The van der Waals surface area contributed by atoms with Gasteiger partial charge in [-0.1, -0.05) is 11.6 Å². The maximum Gasteiger partial charge on any atom is 0.182 e. The maximum absolute atomic E-state index is 12.2. The Balaban J connectivity index is 3.04. The highest BCUT2D eigenvalue weighted by Crippen LogP contribution is 2.27. The Labute approximate surface area is 107 Å². The van der Waals surface area contributed by atoms with Gasteiger partial charge >= 0.3 is 0 Å². The third kappa shape index (κ3) is 3.34. The number of hydrogen-bond donors (Lipinski definition) is 1. The molecule has 2 N–H and O–H groups in total. The molecule has 17 heavy (non-hydrogen) atoms. The lowest BCUT2D eigenvalue weighted by Crippen LogP contribution is -2.20. The molecule has 1 rings (SSSR count). The number of nitrogen functional groups attached to an aromatic ring is 1. The van der Waals surface area contributed by atoms with E-state index in [1.165, 1.54) is 25.3 Å². The summed E-state index contributed by atoms with van der Waals surface area (Å²) in [5.41, 5.74) is 5.97. The third-order valence-electron chi connectivity index (χ3n) is 2.52. The SMILES string of the molecule is COCCC(C)S(=O)(=O)c1ccc(N)cc1Cl. The molecule has 1 unspecified atom stereocenters. The number of hydrogen-bond acceptors (Lipinski definition) is 4. The van der Waals surface area contributed by atoms with Crippen LogP contribution < -0.4 is 5.73 Å². The molecule has 0 aliphatic carbocycles. The molecule has 96 valence electrons. The summed E-state index contributed by atoms with van der Waals surface area (Å²) in [6.07, 6.45) is 0.430. The van der Waals surface area contributed by atoms with E-state index in [2.05, 4.69) is 0 Å². The van der Waals surface area contributed by atoms with Crippen molar-refractivity contribution in [1.82, 2.24) is 0 Å². The summed E-state index contributed by atoms with van der Waals surface area (Å²) < 4.78 is 29.3. The Kier molecular flexibility index (Phi) is 4.80. The lowest BCUT2D eigenvalue weighted by Gasteiger charge is -2.13. The van der Waals surface area contributed by atoms with Crippen molar-refractivity contribution < 1.29 is 13.2 Å². The molecule has 0 saturated heterocycles. The van der Waals surface area contributed by atoms with Gasteiger partial charge in [0, 0.05) is 19.4 Å². The minimum atomic E-state index is -3.43. The van der Waals surface area contributed by atoms with Gasteiger partial charge in [-0.3, -0.25) is 0 Å². The van der Waals surface area contributed by atoms with Crippen molar-refractivity contribution in [1.29, 1.82) is 0 Å². The molecule has 0 aliphatic rings. The third-order valence-corrected chi connectivity index (χ3v) is 5.21. The summed E-state index contributed by atoms with van der Waals surface area (Å²) in [4.78, 5) is 0.122. The van der Waals surface area contributed by atoms with Gasteiger partial charge in [-0.15, -0.1) is 0 Å². The number of rotatable bonds is 5. The number of nitrogens with two attached hydrogens (primary N) is 1. The molecule has 0 fully saturated rings. The second-order valence-electron chi connectivity index (χ2n) is 3.83. The van der Waals surface area contributed by atoms with E-state index in [-0.39, 0.29) is 9.92 Å². The molecule has 1 aromatic carbocycles.